The van der Waals surface area contributed by atoms with E-state index in [9.17, 15) is 5.11 Å². The molecule has 0 amide bonds. The van der Waals surface area contributed by atoms with Crippen LogP contribution in [0.2, 0.25) is 0 Å². The number of benzene rings is 6. The average molecular weight is 782 g/mol. The number of phenols is 1. The first-order valence-electron chi connectivity index (χ1n) is 24.0. The Labute approximate surface area is 361 Å². The van der Waals surface area contributed by atoms with Gasteiger partial charge in [0.1, 0.15) is 11.6 Å². The molecule has 59 heavy (non-hydrogen) atoms. The molecule has 0 atom stereocenters. The van der Waals surface area contributed by atoms with E-state index in [0.717, 1.165) is 44.5 Å². The lowest BCUT2D eigenvalue weighted by Crippen LogP contribution is -2.17. The van der Waals surface area contributed by atoms with Crippen molar-refractivity contribution in [3.8, 4) is 67.5 Å². The summed E-state index contributed by atoms with van der Waals surface area (Å²) >= 11 is 0. The second-order valence-corrected chi connectivity index (χ2v) is 18.5. The molecule has 0 saturated heterocycles. The Bertz CT molecular complexity index is 3210. The first kappa shape index (κ1) is 30.8. The number of rotatable bonds is 6. The summed E-state index contributed by atoms with van der Waals surface area (Å²) in [6.45, 7) is 16.6. The van der Waals surface area contributed by atoms with Crippen molar-refractivity contribution in [1.29, 1.82) is 0 Å². The molecule has 2 aromatic heterocycles. The van der Waals surface area contributed by atoms with Gasteiger partial charge in [0.2, 0.25) is 0 Å². The number of aromatic hydroxyl groups is 1. The van der Waals surface area contributed by atoms with Crippen LogP contribution in [0.25, 0.3) is 72.7 Å². The zero-order valence-electron chi connectivity index (χ0n) is 43.3. The molecule has 6 aromatic carbocycles. The molecule has 0 bridgehead atoms. The molecule has 0 aliphatic carbocycles. The van der Waals surface area contributed by atoms with Crippen molar-refractivity contribution < 1.29 is 16.1 Å². The fourth-order valence-electron chi connectivity index (χ4n) is 7.62. The SMILES string of the molecule is [2H]c1c([2H])c([2H])c(-c2ccnc(-c3cc(-c4cccc5c4nc(-c4cc(C(C)(C)C)cc(C(C)(C)C)c4O)n5-c4cc(-c5ccccc5)cc(C([2H])([2H])[2H])c4)cc(C(C)(C)C)c3)c2)c([2H])c1[2H]. The van der Waals surface area contributed by atoms with Gasteiger partial charge >= 0.3 is 0 Å². The Hall–Kier alpha value is -6.26. The van der Waals surface area contributed by atoms with Gasteiger partial charge in [-0.15, -0.1) is 0 Å². The van der Waals surface area contributed by atoms with E-state index in [0.29, 0.717) is 39.4 Å². The van der Waals surface area contributed by atoms with Gasteiger partial charge < -0.3 is 5.11 Å². The Kier molecular flexibility index (Phi) is 7.74. The van der Waals surface area contributed by atoms with Crippen molar-refractivity contribution in [3.63, 3.8) is 0 Å². The highest BCUT2D eigenvalue weighted by molar-refractivity contribution is 5.97. The van der Waals surface area contributed by atoms with E-state index in [1.54, 1.807) is 30.5 Å². The number of aryl methyl sites for hydroxylation is 1. The van der Waals surface area contributed by atoms with E-state index < -0.39 is 30.4 Å². The normalized spacial score (nSPS) is 14.5. The summed E-state index contributed by atoms with van der Waals surface area (Å²) in [6, 6.07) is 32.8. The molecule has 0 aliphatic rings. The van der Waals surface area contributed by atoms with Gasteiger partial charge in [-0.3, -0.25) is 9.55 Å². The van der Waals surface area contributed by atoms with Crippen LogP contribution in [0.5, 0.6) is 5.75 Å². The summed E-state index contributed by atoms with van der Waals surface area (Å²) in [6.07, 6.45) is 1.59. The summed E-state index contributed by atoms with van der Waals surface area (Å²) in [4.78, 5) is 10.2. The van der Waals surface area contributed by atoms with Crippen molar-refractivity contribution in [1.82, 2.24) is 14.5 Å². The molecule has 8 aromatic rings. The monoisotopic (exact) mass is 781 g/mol. The van der Waals surface area contributed by atoms with Crippen LogP contribution in [0.15, 0.2) is 146 Å². The van der Waals surface area contributed by atoms with Gasteiger partial charge in [-0.2, -0.15) is 0 Å². The predicted molar refractivity (Wildman–Crippen MR) is 249 cm³/mol. The highest BCUT2D eigenvalue weighted by Crippen LogP contribution is 2.45. The van der Waals surface area contributed by atoms with Crippen LogP contribution in [-0.2, 0) is 16.2 Å². The third kappa shape index (κ3) is 7.84. The fourth-order valence-corrected chi connectivity index (χ4v) is 7.62. The van der Waals surface area contributed by atoms with Crippen molar-refractivity contribution in [2.45, 2.75) is 85.4 Å². The Balaban J connectivity index is 1.45. The molecule has 4 nitrogen and oxygen atoms in total. The molecule has 0 saturated carbocycles. The van der Waals surface area contributed by atoms with E-state index >= 15 is 0 Å². The van der Waals surface area contributed by atoms with Gasteiger partial charge in [-0.25, -0.2) is 4.98 Å². The number of aromatic nitrogens is 3. The van der Waals surface area contributed by atoms with Gasteiger partial charge in [0.05, 0.1) is 29.1 Å². The maximum atomic E-state index is 12.4. The molecule has 0 radical (unpaired) electrons. The first-order valence-corrected chi connectivity index (χ1v) is 20.0. The Morgan fingerprint density at radius 1 is 0.576 bits per heavy atom. The number of fused-ring (bicyclic) bond motifs is 1. The summed E-state index contributed by atoms with van der Waals surface area (Å²) in [5.41, 5.74) is 9.24. The lowest BCUT2D eigenvalue weighted by atomic mass is 9.79. The number of imidazole rings is 1. The van der Waals surface area contributed by atoms with E-state index in [-0.39, 0.29) is 39.8 Å². The smallest absolute Gasteiger partial charge is 0.149 e. The molecule has 1 N–H and O–H groups in total. The lowest BCUT2D eigenvalue weighted by Gasteiger charge is -2.27. The van der Waals surface area contributed by atoms with Crippen LogP contribution in [0, 0.1) is 6.85 Å². The van der Waals surface area contributed by atoms with Gasteiger partial charge in [-0.1, -0.05) is 153 Å². The average Bonchev–Trinajstić information content (AvgIpc) is 3.66. The van der Waals surface area contributed by atoms with Crippen LogP contribution in [0.3, 0.4) is 0 Å². The van der Waals surface area contributed by atoms with Crippen molar-refractivity contribution in [2.75, 3.05) is 0 Å². The third-order valence-corrected chi connectivity index (χ3v) is 10.9. The molecule has 0 fully saturated rings. The number of hydrogen-bond acceptors (Lipinski definition) is 3. The minimum Gasteiger partial charge on any atom is -0.507 e. The van der Waals surface area contributed by atoms with Crippen LogP contribution in [-0.4, -0.2) is 19.6 Å². The van der Waals surface area contributed by atoms with E-state index in [4.69, 9.17) is 20.9 Å². The van der Waals surface area contributed by atoms with Crippen molar-refractivity contribution in [2.24, 2.45) is 0 Å². The number of pyridine rings is 1. The predicted octanol–water partition coefficient (Wildman–Crippen LogP) is 14.7. The lowest BCUT2D eigenvalue weighted by molar-refractivity contribution is 0.446. The minimum atomic E-state index is -2.44. The summed E-state index contributed by atoms with van der Waals surface area (Å²) < 4.78 is 69.9. The topological polar surface area (TPSA) is 50.9 Å². The zero-order valence-corrected chi connectivity index (χ0v) is 35.3. The second kappa shape index (κ2) is 14.8. The summed E-state index contributed by atoms with van der Waals surface area (Å²) in [7, 11) is 0. The highest BCUT2D eigenvalue weighted by atomic mass is 16.3. The van der Waals surface area contributed by atoms with Gasteiger partial charge in [0.25, 0.3) is 0 Å². The molecule has 4 heteroatoms. The maximum Gasteiger partial charge on any atom is 0.149 e. The minimum absolute atomic E-state index is 0.0935. The fraction of sp³-hybridized carbons (Fsp3) is 0.236. The van der Waals surface area contributed by atoms with Gasteiger partial charge in [0.15, 0.2) is 0 Å². The Morgan fingerprint density at radius 2 is 1.29 bits per heavy atom. The molecule has 0 aliphatic heterocycles. The molecular formula is C55H55N3O. The van der Waals surface area contributed by atoms with Gasteiger partial charge in [0, 0.05) is 32.7 Å². The van der Waals surface area contributed by atoms with E-state index in [2.05, 4.69) is 80.5 Å². The largest absolute Gasteiger partial charge is 0.507 e. The highest BCUT2D eigenvalue weighted by Gasteiger charge is 2.29. The molecule has 8 rings (SSSR count). The molecule has 2 heterocycles. The van der Waals surface area contributed by atoms with Crippen molar-refractivity contribution >= 4 is 11.0 Å². The van der Waals surface area contributed by atoms with Gasteiger partial charge in [-0.05, 0) is 116 Å². The number of hydrogen-bond donors (Lipinski definition) is 1. The van der Waals surface area contributed by atoms with Crippen LogP contribution >= 0.6 is 0 Å². The standard InChI is InChI=1S/C55H55N3O/c1-35-26-39(37-20-15-12-16-21-37)31-44(27-35)58-49-23-17-22-45(50(49)57-52(58)46-33-43(54(5,6)7)34-47(51(46)59)55(8,9)10)40-28-41(30-42(29-40)53(2,3)4)48-32-38(24-25-56-48)36-18-13-11-14-19-36/h11-34,59H,1-10H3/i1D3,11D,13D,14D,18D,19D. The third-order valence-electron chi connectivity index (χ3n) is 10.9. The quantitative estimate of drug-likeness (QED) is 0.183. The molecule has 296 valence electrons. The molecule has 0 spiro atoms. The maximum absolute atomic E-state index is 12.4. The first-order chi connectivity index (χ1) is 31.2. The number of para-hydroxylation sites is 1. The zero-order chi connectivity index (χ0) is 48.7. The molecular weight excluding hydrogens is 719 g/mol. The van der Waals surface area contributed by atoms with Crippen LogP contribution in [0.1, 0.15) is 95.5 Å². The van der Waals surface area contributed by atoms with Crippen molar-refractivity contribution in [3.05, 3.63) is 168 Å². The summed E-state index contributed by atoms with van der Waals surface area (Å²) in [5, 5.41) is 12.4. The second-order valence-electron chi connectivity index (χ2n) is 18.5. The van der Waals surface area contributed by atoms with E-state index in [1.807, 2.05) is 71.3 Å². The Morgan fingerprint density at radius 3 is 1.98 bits per heavy atom. The number of phenolic OH excluding ortho intramolecular Hbond substituents is 1. The summed E-state index contributed by atoms with van der Waals surface area (Å²) in [5.74, 6) is 0.536. The van der Waals surface area contributed by atoms with Crippen LogP contribution in [0.4, 0.5) is 0 Å². The molecule has 0 unspecified atom stereocenters. The number of nitrogens with zero attached hydrogens (tertiary/aromatic N) is 3. The van der Waals surface area contributed by atoms with E-state index in [1.165, 1.54) is 0 Å². The van der Waals surface area contributed by atoms with Crippen LogP contribution < -0.4 is 0 Å².